The van der Waals surface area contributed by atoms with E-state index in [0.717, 1.165) is 19.4 Å². The number of nitrogens with one attached hydrogen (secondary N) is 2. The Morgan fingerprint density at radius 2 is 2.21 bits per heavy atom. The van der Waals surface area contributed by atoms with Gasteiger partial charge in [0.1, 0.15) is 0 Å². The van der Waals surface area contributed by atoms with E-state index in [4.69, 9.17) is 4.74 Å². The lowest BCUT2D eigenvalue weighted by Gasteiger charge is -2.51. The number of hydrogen-bond donors (Lipinski definition) is 2. The maximum Gasteiger partial charge on any atom is 0.220 e. The van der Waals surface area contributed by atoms with Crippen molar-refractivity contribution in [3.63, 3.8) is 0 Å². The van der Waals surface area contributed by atoms with Gasteiger partial charge in [0.2, 0.25) is 5.91 Å². The summed E-state index contributed by atoms with van der Waals surface area (Å²) >= 11 is 0. The third-order valence-electron chi connectivity index (χ3n) is 4.68. The molecule has 2 fully saturated rings. The van der Waals surface area contributed by atoms with Gasteiger partial charge in [-0.15, -0.1) is 12.4 Å². The molecule has 0 aromatic carbocycles. The Hall–Kier alpha value is -0.320. The van der Waals surface area contributed by atoms with Crippen molar-refractivity contribution in [2.45, 2.75) is 64.1 Å². The Labute approximate surface area is 122 Å². The number of rotatable bonds is 5. The number of amides is 1. The molecule has 1 saturated carbocycles. The molecule has 19 heavy (non-hydrogen) atoms. The maximum atomic E-state index is 11.9. The highest BCUT2D eigenvalue weighted by Crippen LogP contribution is 2.42. The topological polar surface area (TPSA) is 50.4 Å². The summed E-state index contributed by atoms with van der Waals surface area (Å²) in [5.74, 6) is 0.191. The van der Waals surface area contributed by atoms with Crippen molar-refractivity contribution in [2.24, 2.45) is 5.41 Å². The number of carbonyl (C=O) groups excluding carboxylic acids is 1. The Kier molecular flexibility index (Phi) is 6.09. The van der Waals surface area contributed by atoms with Crippen molar-refractivity contribution in [3.8, 4) is 0 Å². The molecule has 0 bridgehead atoms. The van der Waals surface area contributed by atoms with Crippen LogP contribution in [0.4, 0.5) is 0 Å². The zero-order chi connectivity index (χ0) is 13.2. The average Bonchev–Trinajstić information content (AvgIpc) is 2.84. The van der Waals surface area contributed by atoms with Crippen LogP contribution < -0.4 is 10.6 Å². The summed E-state index contributed by atoms with van der Waals surface area (Å²) in [5.41, 5.74) is 0.0655. The molecule has 2 N–H and O–H groups in total. The molecule has 3 unspecified atom stereocenters. The van der Waals surface area contributed by atoms with Gasteiger partial charge in [0, 0.05) is 31.0 Å². The molecule has 0 radical (unpaired) electrons. The minimum absolute atomic E-state index is 0. The van der Waals surface area contributed by atoms with Crippen LogP contribution in [0.2, 0.25) is 0 Å². The van der Waals surface area contributed by atoms with Crippen LogP contribution in [-0.4, -0.2) is 37.7 Å². The fourth-order valence-electron chi connectivity index (χ4n) is 3.11. The Balaban J connectivity index is 0.00000180. The predicted octanol–water partition coefficient (Wildman–Crippen LogP) is 1.87. The van der Waals surface area contributed by atoms with E-state index in [1.165, 1.54) is 12.8 Å². The second-order valence-corrected chi connectivity index (χ2v) is 6.23. The van der Waals surface area contributed by atoms with E-state index in [9.17, 15) is 4.79 Å². The third-order valence-corrected chi connectivity index (χ3v) is 4.68. The predicted molar refractivity (Wildman–Crippen MR) is 78.6 cm³/mol. The number of halogens is 1. The summed E-state index contributed by atoms with van der Waals surface area (Å²) in [6, 6.07) is 0.823. The van der Waals surface area contributed by atoms with Crippen LogP contribution in [0.15, 0.2) is 0 Å². The molecule has 5 heteroatoms. The molecular formula is C14H27ClN2O2. The fraction of sp³-hybridized carbons (Fsp3) is 0.929. The van der Waals surface area contributed by atoms with Crippen molar-refractivity contribution in [2.75, 3.05) is 13.7 Å². The van der Waals surface area contributed by atoms with Gasteiger partial charge in [0.15, 0.2) is 0 Å². The van der Waals surface area contributed by atoms with Crippen LogP contribution in [-0.2, 0) is 9.53 Å². The summed E-state index contributed by atoms with van der Waals surface area (Å²) in [4.78, 5) is 11.9. The molecule has 1 aliphatic carbocycles. The SMILES string of the molecule is COC1CC(NC(=O)CCC2CCCN2)C1(C)C.Cl. The van der Waals surface area contributed by atoms with Gasteiger partial charge in [-0.1, -0.05) is 13.8 Å². The van der Waals surface area contributed by atoms with Crippen molar-refractivity contribution in [3.05, 3.63) is 0 Å². The molecule has 1 saturated heterocycles. The van der Waals surface area contributed by atoms with Crippen molar-refractivity contribution < 1.29 is 9.53 Å². The number of hydrogen-bond acceptors (Lipinski definition) is 3. The fourth-order valence-corrected chi connectivity index (χ4v) is 3.11. The zero-order valence-corrected chi connectivity index (χ0v) is 13.0. The maximum absolute atomic E-state index is 11.9. The quantitative estimate of drug-likeness (QED) is 0.813. The molecule has 2 aliphatic rings. The van der Waals surface area contributed by atoms with Gasteiger partial charge in [0.05, 0.1) is 6.10 Å². The Morgan fingerprint density at radius 3 is 2.74 bits per heavy atom. The van der Waals surface area contributed by atoms with E-state index in [-0.39, 0.29) is 35.9 Å². The van der Waals surface area contributed by atoms with Crippen LogP contribution in [0.25, 0.3) is 0 Å². The summed E-state index contributed by atoms with van der Waals surface area (Å²) in [7, 11) is 1.75. The van der Waals surface area contributed by atoms with E-state index >= 15 is 0 Å². The highest BCUT2D eigenvalue weighted by Gasteiger charge is 2.49. The molecule has 0 aromatic heterocycles. The van der Waals surface area contributed by atoms with Gasteiger partial charge in [-0.2, -0.15) is 0 Å². The van der Waals surface area contributed by atoms with Gasteiger partial charge in [-0.3, -0.25) is 4.79 Å². The largest absolute Gasteiger partial charge is 0.381 e. The minimum atomic E-state index is 0. The van der Waals surface area contributed by atoms with Crippen LogP contribution in [0.1, 0.15) is 46.0 Å². The molecule has 0 aromatic rings. The normalized spacial score (nSPS) is 32.3. The highest BCUT2D eigenvalue weighted by molar-refractivity contribution is 5.85. The van der Waals surface area contributed by atoms with Gasteiger partial charge in [-0.05, 0) is 32.2 Å². The highest BCUT2D eigenvalue weighted by atomic mass is 35.5. The standard InChI is InChI=1S/C14H26N2O2.ClH/c1-14(2)11(9-12(14)18-3)16-13(17)7-6-10-5-4-8-15-10;/h10-12,15H,4-9H2,1-3H3,(H,16,17);1H. The second kappa shape index (κ2) is 6.91. The molecule has 0 spiro atoms. The van der Waals surface area contributed by atoms with E-state index < -0.39 is 0 Å². The summed E-state index contributed by atoms with van der Waals surface area (Å²) in [5, 5.41) is 6.57. The zero-order valence-electron chi connectivity index (χ0n) is 12.2. The number of ether oxygens (including phenoxy) is 1. The summed E-state index contributed by atoms with van der Waals surface area (Å²) < 4.78 is 5.39. The first-order valence-electron chi connectivity index (χ1n) is 7.09. The summed E-state index contributed by atoms with van der Waals surface area (Å²) in [6.45, 7) is 5.43. The average molecular weight is 291 g/mol. The second-order valence-electron chi connectivity index (χ2n) is 6.23. The van der Waals surface area contributed by atoms with Crippen LogP contribution in [0.5, 0.6) is 0 Å². The van der Waals surface area contributed by atoms with Gasteiger partial charge in [-0.25, -0.2) is 0 Å². The lowest BCUT2D eigenvalue weighted by Crippen LogP contribution is -2.61. The molecule has 1 aliphatic heterocycles. The first-order chi connectivity index (χ1) is 8.54. The van der Waals surface area contributed by atoms with Crippen LogP contribution in [0.3, 0.4) is 0 Å². The molecule has 1 amide bonds. The third kappa shape index (κ3) is 3.83. The first kappa shape index (κ1) is 16.7. The molecule has 4 nitrogen and oxygen atoms in total. The van der Waals surface area contributed by atoms with E-state index in [0.29, 0.717) is 12.5 Å². The van der Waals surface area contributed by atoms with E-state index in [1.807, 2.05) is 0 Å². The van der Waals surface area contributed by atoms with Gasteiger partial charge < -0.3 is 15.4 Å². The smallest absolute Gasteiger partial charge is 0.220 e. The van der Waals surface area contributed by atoms with Crippen molar-refractivity contribution in [1.29, 1.82) is 0 Å². The molecule has 2 rings (SSSR count). The molecule has 112 valence electrons. The van der Waals surface area contributed by atoms with Gasteiger partial charge >= 0.3 is 0 Å². The lowest BCUT2D eigenvalue weighted by atomic mass is 9.64. The van der Waals surface area contributed by atoms with Crippen LogP contribution >= 0.6 is 12.4 Å². The Morgan fingerprint density at radius 1 is 1.47 bits per heavy atom. The summed E-state index contributed by atoms with van der Waals surface area (Å²) in [6.07, 6.45) is 5.29. The Bertz CT molecular complexity index is 304. The van der Waals surface area contributed by atoms with Crippen molar-refractivity contribution in [1.82, 2.24) is 10.6 Å². The number of methoxy groups -OCH3 is 1. The van der Waals surface area contributed by atoms with Crippen LogP contribution in [0, 0.1) is 5.41 Å². The minimum Gasteiger partial charge on any atom is -0.381 e. The lowest BCUT2D eigenvalue weighted by molar-refractivity contribution is -0.132. The van der Waals surface area contributed by atoms with E-state index in [2.05, 4.69) is 24.5 Å². The molecule has 1 heterocycles. The first-order valence-corrected chi connectivity index (χ1v) is 7.09. The van der Waals surface area contributed by atoms with Crippen molar-refractivity contribution >= 4 is 18.3 Å². The monoisotopic (exact) mass is 290 g/mol. The van der Waals surface area contributed by atoms with E-state index in [1.54, 1.807) is 7.11 Å². The molecular weight excluding hydrogens is 264 g/mol. The number of carbonyl (C=O) groups is 1. The van der Waals surface area contributed by atoms with Gasteiger partial charge in [0.25, 0.3) is 0 Å². The molecule has 3 atom stereocenters.